The minimum absolute atomic E-state index is 0.00612. The molecule has 0 aliphatic carbocycles. The van der Waals surface area contributed by atoms with Crippen molar-refractivity contribution in [2.45, 2.75) is 58.7 Å². The van der Waals surface area contributed by atoms with Crippen molar-refractivity contribution in [3.8, 4) is 5.69 Å². The number of nitrogens with zero attached hydrogens (tertiary/aromatic N) is 5. The van der Waals surface area contributed by atoms with Crippen LogP contribution in [0.5, 0.6) is 0 Å². The summed E-state index contributed by atoms with van der Waals surface area (Å²) < 4.78 is 3.04. The lowest BCUT2D eigenvalue weighted by molar-refractivity contribution is -0.138. The molecule has 1 aliphatic heterocycles. The third-order valence-corrected chi connectivity index (χ3v) is 5.62. The molecule has 0 N–H and O–H groups in total. The van der Waals surface area contributed by atoms with Crippen LogP contribution in [0.15, 0.2) is 41.6 Å². The summed E-state index contributed by atoms with van der Waals surface area (Å²) in [6.45, 7) is 6.17. The number of aromatic nitrogens is 4. The summed E-state index contributed by atoms with van der Waals surface area (Å²) in [6, 6.07) is 8.27. The van der Waals surface area contributed by atoms with Crippen LogP contribution in [-0.2, 0) is 11.3 Å². The molecule has 2 atom stereocenters. The van der Waals surface area contributed by atoms with Crippen LogP contribution in [0, 0.1) is 6.92 Å². The second-order valence-corrected chi connectivity index (χ2v) is 7.74. The molecule has 1 fully saturated rings. The van der Waals surface area contributed by atoms with Gasteiger partial charge in [-0.15, -0.1) is 0 Å². The smallest absolute Gasteiger partial charge is 0.264 e. The Morgan fingerprint density at radius 1 is 1.14 bits per heavy atom. The number of fused-ring (bicyclic) bond motifs is 1. The Morgan fingerprint density at radius 2 is 1.82 bits per heavy atom. The zero-order valence-corrected chi connectivity index (χ0v) is 16.5. The van der Waals surface area contributed by atoms with E-state index in [1.165, 1.54) is 17.1 Å². The fraction of sp³-hybridized carbons (Fsp3) is 0.429. The molecular formula is C21H25N5O2. The fourth-order valence-corrected chi connectivity index (χ4v) is 4.08. The SMILES string of the molecule is Cc1ccc(-n2ncc3c(=O)n(CC(=O)N4[C@@H](C)CCC[C@@H]4C)cnc32)cc1. The molecule has 0 bridgehead atoms. The number of aryl methyl sites for hydroxylation is 1. The van der Waals surface area contributed by atoms with E-state index in [-0.39, 0.29) is 30.1 Å². The number of hydrogen-bond donors (Lipinski definition) is 0. The van der Waals surface area contributed by atoms with Crippen LogP contribution in [0.2, 0.25) is 0 Å². The maximum absolute atomic E-state index is 12.9. The van der Waals surface area contributed by atoms with Gasteiger partial charge in [-0.2, -0.15) is 5.10 Å². The van der Waals surface area contributed by atoms with E-state index in [9.17, 15) is 9.59 Å². The fourth-order valence-electron chi connectivity index (χ4n) is 4.08. The Bertz CT molecular complexity index is 1060. The van der Waals surface area contributed by atoms with Crippen molar-refractivity contribution in [3.63, 3.8) is 0 Å². The van der Waals surface area contributed by atoms with E-state index in [2.05, 4.69) is 23.9 Å². The Morgan fingerprint density at radius 3 is 2.50 bits per heavy atom. The first-order chi connectivity index (χ1) is 13.5. The maximum atomic E-state index is 12.9. The highest BCUT2D eigenvalue weighted by atomic mass is 16.2. The molecule has 1 amide bonds. The molecule has 3 heterocycles. The second kappa shape index (κ2) is 7.22. The summed E-state index contributed by atoms with van der Waals surface area (Å²) in [7, 11) is 0. The van der Waals surface area contributed by atoms with Crippen molar-refractivity contribution < 1.29 is 4.79 Å². The molecule has 4 rings (SSSR count). The van der Waals surface area contributed by atoms with Crippen LogP contribution in [0.1, 0.15) is 38.7 Å². The van der Waals surface area contributed by atoms with E-state index in [1.54, 1.807) is 4.68 Å². The van der Waals surface area contributed by atoms with Gasteiger partial charge in [-0.25, -0.2) is 9.67 Å². The third kappa shape index (κ3) is 3.21. The molecule has 28 heavy (non-hydrogen) atoms. The van der Waals surface area contributed by atoms with E-state index in [1.807, 2.05) is 36.1 Å². The molecule has 0 saturated carbocycles. The lowest BCUT2D eigenvalue weighted by atomic mass is 9.97. The molecule has 0 unspecified atom stereocenters. The molecule has 1 aromatic carbocycles. The van der Waals surface area contributed by atoms with Gasteiger partial charge >= 0.3 is 0 Å². The predicted octanol–water partition coefficient (Wildman–Crippen LogP) is 2.68. The van der Waals surface area contributed by atoms with Gasteiger partial charge in [-0.1, -0.05) is 17.7 Å². The van der Waals surface area contributed by atoms with Gasteiger partial charge in [0.25, 0.3) is 5.56 Å². The molecule has 2 aromatic heterocycles. The molecule has 1 aliphatic rings. The summed E-state index contributed by atoms with van der Waals surface area (Å²) in [4.78, 5) is 32.1. The molecular weight excluding hydrogens is 354 g/mol. The largest absolute Gasteiger partial charge is 0.336 e. The first kappa shape index (κ1) is 18.4. The predicted molar refractivity (Wildman–Crippen MR) is 107 cm³/mol. The Labute approximate surface area is 163 Å². The van der Waals surface area contributed by atoms with Crippen molar-refractivity contribution in [3.05, 3.63) is 52.7 Å². The van der Waals surface area contributed by atoms with Crippen molar-refractivity contribution >= 4 is 16.9 Å². The van der Waals surface area contributed by atoms with E-state index in [0.29, 0.717) is 11.0 Å². The summed E-state index contributed by atoms with van der Waals surface area (Å²) >= 11 is 0. The zero-order chi connectivity index (χ0) is 19.8. The van der Waals surface area contributed by atoms with Crippen LogP contribution >= 0.6 is 0 Å². The number of piperidine rings is 1. The van der Waals surface area contributed by atoms with Crippen molar-refractivity contribution in [2.75, 3.05) is 0 Å². The van der Waals surface area contributed by atoms with Crippen LogP contribution < -0.4 is 5.56 Å². The normalized spacial score (nSPS) is 19.9. The number of likely N-dealkylation sites (tertiary alicyclic amines) is 1. The molecule has 3 aromatic rings. The summed E-state index contributed by atoms with van der Waals surface area (Å²) in [5.74, 6) is -0.0334. The zero-order valence-electron chi connectivity index (χ0n) is 16.5. The molecule has 0 spiro atoms. The highest BCUT2D eigenvalue weighted by Gasteiger charge is 2.29. The number of rotatable bonds is 3. The van der Waals surface area contributed by atoms with E-state index >= 15 is 0 Å². The Hall–Kier alpha value is -2.96. The van der Waals surface area contributed by atoms with Gasteiger partial charge in [-0.05, 0) is 52.2 Å². The van der Waals surface area contributed by atoms with Crippen LogP contribution in [0.3, 0.4) is 0 Å². The average Bonchev–Trinajstić information content (AvgIpc) is 3.09. The van der Waals surface area contributed by atoms with Gasteiger partial charge in [-0.3, -0.25) is 14.2 Å². The topological polar surface area (TPSA) is 73.0 Å². The lowest BCUT2D eigenvalue weighted by Gasteiger charge is -2.39. The highest BCUT2D eigenvalue weighted by Crippen LogP contribution is 2.23. The molecule has 7 heteroatoms. The first-order valence-electron chi connectivity index (χ1n) is 9.77. The molecule has 7 nitrogen and oxygen atoms in total. The summed E-state index contributed by atoms with van der Waals surface area (Å²) in [5.41, 5.74) is 2.25. The summed E-state index contributed by atoms with van der Waals surface area (Å²) in [5, 5.41) is 4.75. The number of hydrogen-bond acceptors (Lipinski definition) is 4. The van der Waals surface area contributed by atoms with E-state index in [4.69, 9.17) is 0 Å². The quantitative estimate of drug-likeness (QED) is 0.701. The Kier molecular flexibility index (Phi) is 4.75. The number of carbonyl (C=O) groups is 1. The minimum atomic E-state index is -0.242. The number of amides is 1. The van der Waals surface area contributed by atoms with E-state index in [0.717, 1.165) is 30.5 Å². The molecule has 0 radical (unpaired) electrons. The standard InChI is InChI=1S/C21H25N5O2/c1-14-7-9-17(10-8-14)26-20-18(11-23-26)21(28)24(13-22-20)12-19(27)25-15(2)5-4-6-16(25)3/h7-11,13,15-16H,4-6,12H2,1-3H3/t15-,16-/m0/s1. The monoisotopic (exact) mass is 379 g/mol. The lowest BCUT2D eigenvalue weighted by Crippen LogP contribution is -2.49. The highest BCUT2D eigenvalue weighted by molar-refractivity contribution is 5.78. The average molecular weight is 379 g/mol. The first-order valence-corrected chi connectivity index (χ1v) is 9.77. The van der Waals surface area contributed by atoms with Crippen molar-refractivity contribution in [1.82, 2.24) is 24.2 Å². The number of carbonyl (C=O) groups excluding carboxylic acids is 1. The van der Waals surface area contributed by atoms with Gasteiger partial charge < -0.3 is 4.90 Å². The molecule has 1 saturated heterocycles. The van der Waals surface area contributed by atoms with Gasteiger partial charge in [0, 0.05) is 12.1 Å². The second-order valence-electron chi connectivity index (χ2n) is 7.74. The van der Waals surface area contributed by atoms with Crippen molar-refractivity contribution in [1.29, 1.82) is 0 Å². The van der Waals surface area contributed by atoms with Gasteiger partial charge in [0.2, 0.25) is 5.91 Å². The van der Waals surface area contributed by atoms with Crippen molar-refractivity contribution in [2.24, 2.45) is 0 Å². The van der Waals surface area contributed by atoms with Gasteiger partial charge in [0.05, 0.1) is 11.9 Å². The third-order valence-electron chi connectivity index (χ3n) is 5.62. The van der Waals surface area contributed by atoms with Crippen LogP contribution in [0.4, 0.5) is 0 Å². The van der Waals surface area contributed by atoms with E-state index < -0.39 is 0 Å². The maximum Gasteiger partial charge on any atom is 0.264 e. The van der Waals surface area contributed by atoms with Gasteiger partial charge in [0.15, 0.2) is 5.65 Å². The van der Waals surface area contributed by atoms with Gasteiger partial charge in [0.1, 0.15) is 18.3 Å². The Balaban J connectivity index is 1.65. The summed E-state index contributed by atoms with van der Waals surface area (Å²) in [6.07, 6.45) is 6.13. The van der Waals surface area contributed by atoms with Crippen LogP contribution in [0.25, 0.3) is 16.7 Å². The minimum Gasteiger partial charge on any atom is -0.336 e. The van der Waals surface area contributed by atoms with Crippen LogP contribution in [-0.4, -0.2) is 42.2 Å². The number of benzene rings is 1. The molecule has 146 valence electrons.